The Kier molecular flexibility index (Phi) is 9.65. The smallest absolute Gasteiger partial charge is 0.335 e. The van der Waals surface area contributed by atoms with Crippen molar-refractivity contribution in [3.8, 4) is 17.2 Å². The summed E-state index contributed by atoms with van der Waals surface area (Å²) in [5, 5.41) is 4.51. The number of hydrogen-bond donors (Lipinski definition) is 1. The van der Waals surface area contributed by atoms with Crippen molar-refractivity contribution in [3.05, 3.63) is 99.5 Å². The second kappa shape index (κ2) is 13.8. The maximum absolute atomic E-state index is 13.5. The quantitative estimate of drug-likeness (QED) is 0.101. The number of amides is 4. The van der Waals surface area contributed by atoms with Crippen molar-refractivity contribution in [1.29, 1.82) is 0 Å². The molecule has 4 amide bonds. The van der Waals surface area contributed by atoms with Crippen molar-refractivity contribution < 1.29 is 28.6 Å². The van der Waals surface area contributed by atoms with Gasteiger partial charge in [0.15, 0.2) is 11.5 Å². The molecule has 4 aromatic carbocycles. The highest BCUT2D eigenvalue weighted by Gasteiger charge is 2.37. The molecule has 0 unspecified atom stereocenters. The van der Waals surface area contributed by atoms with Gasteiger partial charge in [0.1, 0.15) is 17.9 Å². The average Bonchev–Trinajstić information content (AvgIpc) is 3.00. The fraction of sp³-hybridized carbons (Fsp3) is 0.229. The van der Waals surface area contributed by atoms with Crippen molar-refractivity contribution in [3.63, 3.8) is 0 Å². The second-order valence-corrected chi connectivity index (χ2v) is 11.1. The lowest BCUT2D eigenvalue weighted by molar-refractivity contribution is -0.122. The number of barbiturate groups is 1. The monoisotopic (exact) mass is 656 g/mol. The van der Waals surface area contributed by atoms with Gasteiger partial charge in [0, 0.05) is 5.56 Å². The van der Waals surface area contributed by atoms with Crippen LogP contribution in [-0.2, 0) is 16.2 Å². The Labute approximate surface area is 264 Å². The molecule has 0 bridgehead atoms. The molecule has 1 heterocycles. The van der Waals surface area contributed by atoms with Gasteiger partial charge in [0.2, 0.25) is 0 Å². The summed E-state index contributed by atoms with van der Waals surface area (Å²) in [7, 11) is 0. The Morgan fingerprint density at radius 2 is 1.68 bits per heavy atom. The van der Waals surface area contributed by atoms with E-state index in [4.69, 9.17) is 14.2 Å². The SMILES string of the molecule is CCCCOc1ccc(N2C(=O)NC(=O)/C(=C/c3cc(Br)c(OCc4c(C)ccc5ccccc45)c(OCC)c3)C2=O)cc1. The third-order valence-corrected chi connectivity index (χ3v) is 7.83. The predicted molar refractivity (Wildman–Crippen MR) is 174 cm³/mol. The second-order valence-electron chi connectivity index (χ2n) is 10.3. The number of nitrogens with zero attached hydrogens (tertiary/aromatic N) is 1. The number of urea groups is 1. The normalized spacial score (nSPS) is 14.2. The highest BCUT2D eigenvalue weighted by atomic mass is 79.9. The third-order valence-electron chi connectivity index (χ3n) is 7.24. The van der Waals surface area contributed by atoms with E-state index in [-0.39, 0.29) is 5.57 Å². The molecule has 0 saturated carbocycles. The van der Waals surface area contributed by atoms with Crippen LogP contribution in [0.25, 0.3) is 16.8 Å². The van der Waals surface area contributed by atoms with Gasteiger partial charge in [-0.15, -0.1) is 0 Å². The van der Waals surface area contributed by atoms with Gasteiger partial charge >= 0.3 is 6.03 Å². The summed E-state index contributed by atoms with van der Waals surface area (Å²) in [6, 6.07) is 21.5. The first-order valence-corrected chi connectivity index (χ1v) is 15.3. The molecule has 4 aromatic rings. The van der Waals surface area contributed by atoms with Crippen LogP contribution in [0.2, 0.25) is 0 Å². The number of carbonyl (C=O) groups is 3. The molecule has 0 aromatic heterocycles. The summed E-state index contributed by atoms with van der Waals surface area (Å²) in [5.41, 5.74) is 2.82. The Hall–Kier alpha value is -4.63. The van der Waals surface area contributed by atoms with E-state index < -0.39 is 17.8 Å². The topological polar surface area (TPSA) is 94.2 Å². The van der Waals surface area contributed by atoms with Crippen LogP contribution >= 0.6 is 15.9 Å². The molecule has 44 heavy (non-hydrogen) atoms. The molecule has 1 aliphatic rings. The highest BCUT2D eigenvalue weighted by molar-refractivity contribution is 9.10. The van der Waals surface area contributed by atoms with Crippen molar-refractivity contribution in [1.82, 2.24) is 5.32 Å². The number of unbranched alkanes of at least 4 members (excludes halogenated alkanes) is 1. The Morgan fingerprint density at radius 1 is 0.909 bits per heavy atom. The van der Waals surface area contributed by atoms with E-state index >= 15 is 0 Å². The molecule has 1 saturated heterocycles. The lowest BCUT2D eigenvalue weighted by Crippen LogP contribution is -2.54. The molecular formula is C35H33BrN2O6. The maximum Gasteiger partial charge on any atom is 0.335 e. The lowest BCUT2D eigenvalue weighted by atomic mass is 10.0. The molecule has 1 N–H and O–H groups in total. The first kappa shape index (κ1) is 30.8. The molecule has 0 aliphatic carbocycles. The van der Waals surface area contributed by atoms with E-state index in [2.05, 4.69) is 59.4 Å². The van der Waals surface area contributed by atoms with Crippen molar-refractivity contribution >= 4 is 56.3 Å². The molecule has 9 heteroatoms. The summed E-state index contributed by atoms with van der Waals surface area (Å²) in [6.45, 7) is 7.25. The number of hydrogen-bond acceptors (Lipinski definition) is 6. The molecule has 1 fully saturated rings. The predicted octanol–water partition coefficient (Wildman–Crippen LogP) is 7.73. The minimum Gasteiger partial charge on any atom is -0.494 e. The molecule has 1 aliphatic heterocycles. The Balaban J connectivity index is 1.41. The van der Waals surface area contributed by atoms with Gasteiger partial charge in [-0.3, -0.25) is 14.9 Å². The van der Waals surface area contributed by atoms with Gasteiger partial charge < -0.3 is 14.2 Å². The number of nitrogens with one attached hydrogen (secondary N) is 1. The van der Waals surface area contributed by atoms with Crippen LogP contribution in [0.1, 0.15) is 43.4 Å². The standard InChI is InChI=1S/C35H33BrN2O6/c1-4-6-17-43-26-15-13-25(14-16-26)38-34(40)28(33(39)37-35(38)41)18-23-19-30(36)32(31(20-23)42-5-2)44-21-29-22(3)11-12-24-9-7-8-10-27(24)29/h7-16,18-20H,4-6,17,21H2,1-3H3,(H,37,39,41)/b28-18-. The summed E-state index contributed by atoms with van der Waals surface area (Å²) >= 11 is 3.60. The summed E-state index contributed by atoms with van der Waals surface area (Å²) in [6.07, 6.45) is 3.36. The van der Waals surface area contributed by atoms with Gasteiger partial charge in [-0.25, -0.2) is 9.69 Å². The minimum atomic E-state index is -0.819. The van der Waals surface area contributed by atoms with Crippen molar-refractivity contribution in [2.24, 2.45) is 0 Å². The summed E-state index contributed by atoms with van der Waals surface area (Å²) in [5.74, 6) is 0.0571. The van der Waals surface area contributed by atoms with E-state index in [1.165, 1.54) is 6.08 Å². The highest BCUT2D eigenvalue weighted by Crippen LogP contribution is 2.39. The number of aryl methyl sites for hydroxylation is 1. The number of carbonyl (C=O) groups excluding carboxylic acids is 3. The Bertz CT molecular complexity index is 1750. The van der Waals surface area contributed by atoms with E-state index in [1.807, 2.05) is 19.1 Å². The van der Waals surface area contributed by atoms with Crippen LogP contribution in [0.3, 0.4) is 0 Å². The fourth-order valence-corrected chi connectivity index (χ4v) is 5.51. The van der Waals surface area contributed by atoms with E-state index in [1.54, 1.807) is 36.4 Å². The molecule has 226 valence electrons. The number of benzene rings is 4. The zero-order valence-electron chi connectivity index (χ0n) is 24.8. The largest absolute Gasteiger partial charge is 0.494 e. The Morgan fingerprint density at radius 3 is 2.43 bits per heavy atom. The molecule has 8 nitrogen and oxygen atoms in total. The molecule has 0 spiro atoms. The van der Waals surface area contributed by atoms with E-state index in [0.717, 1.165) is 39.6 Å². The van der Waals surface area contributed by atoms with Gasteiger partial charge in [0.05, 0.1) is 23.4 Å². The minimum absolute atomic E-state index is 0.192. The van der Waals surface area contributed by atoms with Crippen molar-refractivity contribution in [2.45, 2.75) is 40.2 Å². The van der Waals surface area contributed by atoms with Crippen molar-refractivity contribution in [2.75, 3.05) is 18.1 Å². The van der Waals surface area contributed by atoms with Gasteiger partial charge in [-0.1, -0.05) is 49.7 Å². The van der Waals surface area contributed by atoms with E-state index in [9.17, 15) is 14.4 Å². The molecular weight excluding hydrogens is 624 g/mol. The first-order valence-electron chi connectivity index (χ1n) is 14.5. The number of rotatable bonds is 11. The van der Waals surface area contributed by atoms with Crippen LogP contribution in [-0.4, -0.2) is 31.1 Å². The van der Waals surface area contributed by atoms with E-state index in [0.29, 0.717) is 52.8 Å². The number of ether oxygens (including phenoxy) is 3. The lowest BCUT2D eigenvalue weighted by Gasteiger charge is -2.26. The average molecular weight is 658 g/mol. The van der Waals surface area contributed by atoms with Gasteiger partial charge in [-0.05, 0) is 101 Å². The number of anilines is 1. The van der Waals surface area contributed by atoms with Crippen LogP contribution in [0, 0.1) is 6.92 Å². The van der Waals surface area contributed by atoms with Gasteiger partial charge in [-0.2, -0.15) is 0 Å². The maximum atomic E-state index is 13.5. The molecule has 5 rings (SSSR count). The zero-order valence-corrected chi connectivity index (χ0v) is 26.4. The summed E-state index contributed by atoms with van der Waals surface area (Å²) in [4.78, 5) is 40.0. The van der Waals surface area contributed by atoms with Crippen LogP contribution in [0.15, 0.2) is 82.8 Å². The molecule has 0 radical (unpaired) electrons. The fourth-order valence-electron chi connectivity index (χ4n) is 4.94. The van der Waals surface area contributed by atoms with Crippen LogP contribution in [0.4, 0.5) is 10.5 Å². The number of imide groups is 2. The van der Waals surface area contributed by atoms with Crippen LogP contribution in [0.5, 0.6) is 17.2 Å². The number of fused-ring (bicyclic) bond motifs is 1. The first-order chi connectivity index (χ1) is 21.3. The van der Waals surface area contributed by atoms with Gasteiger partial charge in [0.25, 0.3) is 11.8 Å². The van der Waals surface area contributed by atoms with Crippen LogP contribution < -0.4 is 24.4 Å². The molecule has 0 atom stereocenters. The third kappa shape index (κ3) is 6.63. The zero-order chi connectivity index (χ0) is 31.2. The number of halogens is 1. The summed E-state index contributed by atoms with van der Waals surface area (Å²) < 4.78 is 18.5.